The Kier molecular flexibility index (Phi) is 5.54. The number of hydrogen-bond acceptors (Lipinski definition) is 4. The fraction of sp³-hybridized carbons (Fsp3) is 0.176. The summed E-state index contributed by atoms with van der Waals surface area (Å²) in [6.45, 7) is -0.302. The van der Waals surface area contributed by atoms with Gasteiger partial charge in [-0.2, -0.15) is 0 Å². The van der Waals surface area contributed by atoms with Crippen molar-refractivity contribution in [3.63, 3.8) is 0 Å². The molecule has 2 aromatic rings. The Bertz CT molecular complexity index is 623. The van der Waals surface area contributed by atoms with Gasteiger partial charge in [-0.25, -0.2) is 0 Å². The van der Waals surface area contributed by atoms with E-state index in [1.54, 1.807) is 43.5 Å². The number of carbonyl (C=O) groups excluding carboxylic acids is 2. The highest BCUT2D eigenvalue weighted by Gasteiger charge is 2.09. The Hall–Kier alpha value is -2.82. The zero-order valence-electron chi connectivity index (χ0n) is 12.2. The quantitative estimate of drug-likeness (QED) is 0.832. The van der Waals surface area contributed by atoms with Gasteiger partial charge in [0.2, 0.25) is 0 Å². The van der Waals surface area contributed by atoms with Crippen LogP contribution in [0.5, 0.6) is 5.75 Å². The van der Waals surface area contributed by atoms with Crippen LogP contribution >= 0.6 is 0 Å². The highest BCUT2D eigenvalue weighted by atomic mass is 16.5. The summed E-state index contributed by atoms with van der Waals surface area (Å²) in [5, 5.41) is 2.64. The van der Waals surface area contributed by atoms with Gasteiger partial charge in [0.05, 0.1) is 13.5 Å². The molecule has 0 bridgehead atoms. The zero-order chi connectivity index (χ0) is 15.8. The second-order valence-electron chi connectivity index (χ2n) is 4.60. The minimum absolute atomic E-state index is 0.114. The Labute approximate surface area is 128 Å². The van der Waals surface area contributed by atoms with Crippen LogP contribution in [0.3, 0.4) is 0 Å². The van der Waals surface area contributed by atoms with Gasteiger partial charge in [-0.15, -0.1) is 0 Å². The van der Waals surface area contributed by atoms with Crippen molar-refractivity contribution in [2.45, 2.75) is 6.42 Å². The number of ether oxygens (including phenoxy) is 2. The van der Waals surface area contributed by atoms with Gasteiger partial charge in [-0.3, -0.25) is 9.59 Å². The molecule has 0 atom stereocenters. The van der Waals surface area contributed by atoms with Crippen LogP contribution in [0.25, 0.3) is 0 Å². The van der Waals surface area contributed by atoms with Crippen molar-refractivity contribution in [2.24, 2.45) is 0 Å². The highest BCUT2D eigenvalue weighted by Crippen LogP contribution is 2.12. The number of nitrogens with one attached hydrogen (secondary N) is 1. The smallest absolute Gasteiger partial charge is 0.310 e. The molecule has 0 aliphatic heterocycles. The van der Waals surface area contributed by atoms with Gasteiger partial charge in [0.25, 0.3) is 5.91 Å². The summed E-state index contributed by atoms with van der Waals surface area (Å²) < 4.78 is 9.99. The molecule has 0 radical (unpaired) electrons. The molecule has 0 unspecified atom stereocenters. The first kappa shape index (κ1) is 15.6. The molecule has 1 N–H and O–H groups in total. The SMILES string of the molecule is COc1ccc(CC(=O)OCC(=O)Nc2ccccc2)cc1. The number of amides is 1. The molecule has 1 amide bonds. The normalized spacial score (nSPS) is 9.86. The third-order valence-electron chi connectivity index (χ3n) is 2.93. The standard InChI is InChI=1S/C17H17NO4/c1-21-15-9-7-13(8-10-15)11-17(20)22-12-16(19)18-14-5-3-2-4-6-14/h2-10H,11-12H2,1H3,(H,18,19). The van der Waals surface area contributed by atoms with Crippen LogP contribution in [0.2, 0.25) is 0 Å². The Morgan fingerprint density at radius 2 is 1.68 bits per heavy atom. The summed E-state index contributed by atoms with van der Waals surface area (Å²) in [5.74, 6) is -0.0954. The van der Waals surface area contributed by atoms with E-state index in [9.17, 15) is 9.59 Å². The van der Waals surface area contributed by atoms with Gasteiger partial charge in [0.1, 0.15) is 5.75 Å². The Morgan fingerprint density at radius 1 is 1.00 bits per heavy atom. The van der Waals surface area contributed by atoms with E-state index in [2.05, 4.69) is 5.32 Å². The van der Waals surface area contributed by atoms with Crippen LogP contribution < -0.4 is 10.1 Å². The molecule has 5 heteroatoms. The van der Waals surface area contributed by atoms with E-state index in [4.69, 9.17) is 9.47 Å². The largest absolute Gasteiger partial charge is 0.497 e. The zero-order valence-corrected chi connectivity index (χ0v) is 12.2. The lowest BCUT2D eigenvalue weighted by Gasteiger charge is -2.07. The maximum atomic E-state index is 11.7. The summed E-state index contributed by atoms with van der Waals surface area (Å²) in [7, 11) is 1.58. The fourth-order valence-electron chi connectivity index (χ4n) is 1.83. The number of rotatable bonds is 6. The average molecular weight is 299 g/mol. The molecule has 0 heterocycles. The van der Waals surface area contributed by atoms with Gasteiger partial charge >= 0.3 is 5.97 Å². The molecule has 0 saturated carbocycles. The van der Waals surface area contributed by atoms with E-state index in [1.807, 2.05) is 18.2 Å². The minimum Gasteiger partial charge on any atom is -0.497 e. The molecule has 5 nitrogen and oxygen atoms in total. The van der Waals surface area contributed by atoms with Gasteiger partial charge in [0.15, 0.2) is 6.61 Å². The second kappa shape index (κ2) is 7.83. The van der Waals surface area contributed by atoms with E-state index in [0.29, 0.717) is 5.69 Å². The summed E-state index contributed by atoms with van der Waals surface area (Å²) in [4.78, 5) is 23.3. The van der Waals surface area contributed by atoms with E-state index in [0.717, 1.165) is 11.3 Å². The first-order chi connectivity index (χ1) is 10.7. The molecule has 114 valence electrons. The third-order valence-corrected chi connectivity index (χ3v) is 2.93. The topological polar surface area (TPSA) is 64.6 Å². The number of hydrogen-bond donors (Lipinski definition) is 1. The predicted octanol–water partition coefficient (Wildman–Crippen LogP) is 2.42. The van der Waals surface area contributed by atoms with Gasteiger partial charge < -0.3 is 14.8 Å². The molecule has 2 aromatic carbocycles. The van der Waals surface area contributed by atoms with Crippen molar-refractivity contribution in [1.29, 1.82) is 0 Å². The second-order valence-corrected chi connectivity index (χ2v) is 4.60. The van der Waals surface area contributed by atoms with Gasteiger partial charge in [-0.1, -0.05) is 30.3 Å². The average Bonchev–Trinajstić information content (AvgIpc) is 2.55. The molecule has 0 aromatic heterocycles. The molecule has 0 saturated heterocycles. The Balaban J connectivity index is 1.76. The maximum Gasteiger partial charge on any atom is 0.310 e. The summed E-state index contributed by atoms with van der Waals surface area (Å²) in [6.07, 6.45) is 0.114. The lowest BCUT2D eigenvalue weighted by molar-refractivity contribution is -0.146. The lowest BCUT2D eigenvalue weighted by Crippen LogP contribution is -2.21. The van der Waals surface area contributed by atoms with Gasteiger partial charge in [0, 0.05) is 5.69 Å². The third kappa shape index (κ3) is 4.94. The van der Waals surface area contributed by atoms with Crippen LogP contribution in [-0.4, -0.2) is 25.6 Å². The number of benzene rings is 2. The van der Waals surface area contributed by atoms with Crippen molar-refractivity contribution < 1.29 is 19.1 Å². The van der Waals surface area contributed by atoms with Crippen molar-refractivity contribution in [2.75, 3.05) is 19.0 Å². The number of carbonyl (C=O) groups is 2. The lowest BCUT2D eigenvalue weighted by atomic mass is 10.1. The molecule has 0 aliphatic rings. The molecule has 22 heavy (non-hydrogen) atoms. The first-order valence-electron chi connectivity index (χ1n) is 6.81. The van der Waals surface area contributed by atoms with Crippen molar-refractivity contribution in [3.05, 3.63) is 60.2 Å². The van der Waals surface area contributed by atoms with E-state index >= 15 is 0 Å². The number of para-hydroxylation sites is 1. The predicted molar refractivity (Wildman–Crippen MR) is 82.7 cm³/mol. The molecule has 0 fully saturated rings. The van der Waals surface area contributed by atoms with Crippen LogP contribution in [0.1, 0.15) is 5.56 Å². The fourth-order valence-corrected chi connectivity index (χ4v) is 1.83. The number of methoxy groups -OCH3 is 1. The first-order valence-corrected chi connectivity index (χ1v) is 6.81. The van der Waals surface area contributed by atoms with E-state index < -0.39 is 5.97 Å². The molecule has 0 spiro atoms. The Morgan fingerprint density at radius 3 is 2.32 bits per heavy atom. The highest BCUT2D eigenvalue weighted by molar-refractivity contribution is 5.92. The van der Waals surface area contributed by atoms with E-state index in [-0.39, 0.29) is 18.9 Å². The summed E-state index contributed by atoms with van der Waals surface area (Å²) in [6, 6.07) is 16.1. The van der Waals surface area contributed by atoms with Crippen LogP contribution in [-0.2, 0) is 20.7 Å². The number of esters is 1. The molecular formula is C17H17NO4. The summed E-state index contributed by atoms with van der Waals surface area (Å²) in [5.41, 5.74) is 1.47. The van der Waals surface area contributed by atoms with Crippen LogP contribution in [0.15, 0.2) is 54.6 Å². The van der Waals surface area contributed by atoms with Crippen molar-refractivity contribution >= 4 is 17.6 Å². The monoisotopic (exact) mass is 299 g/mol. The van der Waals surface area contributed by atoms with Crippen molar-refractivity contribution in [3.8, 4) is 5.75 Å². The molecular weight excluding hydrogens is 282 g/mol. The minimum atomic E-state index is -0.451. The number of anilines is 1. The summed E-state index contributed by atoms with van der Waals surface area (Å²) >= 11 is 0. The van der Waals surface area contributed by atoms with Crippen molar-refractivity contribution in [1.82, 2.24) is 0 Å². The molecule has 0 aliphatic carbocycles. The molecule has 2 rings (SSSR count). The maximum absolute atomic E-state index is 11.7. The van der Waals surface area contributed by atoms with Crippen LogP contribution in [0.4, 0.5) is 5.69 Å². The van der Waals surface area contributed by atoms with E-state index in [1.165, 1.54) is 0 Å². The van der Waals surface area contributed by atoms with Gasteiger partial charge in [-0.05, 0) is 29.8 Å². The van der Waals surface area contributed by atoms with Crippen LogP contribution in [0, 0.1) is 0 Å².